The van der Waals surface area contributed by atoms with E-state index in [9.17, 15) is 0 Å². The number of hydrogen-bond donors (Lipinski definition) is 1. The van der Waals surface area contributed by atoms with Gasteiger partial charge in [-0.25, -0.2) is 4.98 Å². The molecule has 0 aliphatic carbocycles. The van der Waals surface area contributed by atoms with Crippen molar-refractivity contribution in [1.82, 2.24) is 9.97 Å². The molecule has 4 heteroatoms. The van der Waals surface area contributed by atoms with Crippen LogP contribution in [0.15, 0.2) is 24.3 Å². The summed E-state index contributed by atoms with van der Waals surface area (Å²) in [6.45, 7) is 10.7. The fraction of sp³-hybridized carbons (Fsp3) is 0.474. The number of benzene rings is 1. The van der Waals surface area contributed by atoms with Crippen LogP contribution in [-0.2, 0) is 0 Å². The van der Waals surface area contributed by atoms with Crippen LogP contribution in [0.4, 0.5) is 17.5 Å². The zero-order valence-electron chi connectivity index (χ0n) is 14.6. The van der Waals surface area contributed by atoms with E-state index in [1.54, 1.807) is 0 Å². The first-order chi connectivity index (χ1) is 11.0. The van der Waals surface area contributed by atoms with Crippen LogP contribution in [0, 0.1) is 26.7 Å². The summed E-state index contributed by atoms with van der Waals surface area (Å²) in [4.78, 5) is 11.7. The largest absolute Gasteiger partial charge is 0.341 e. The molecule has 0 amide bonds. The predicted molar refractivity (Wildman–Crippen MR) is 96.6 cm³/mol. The van der Waals surface area contributed by atoms with Crippen molar-refractivity contribution in [3.8, 4) is 0 Å². The second kappa shape index (κ2) is 6.57. The molecule has 2 heterocycles. The van der Waals surface area contributed by atoms with E-state index in [2.05, 4.69) is 54.2 Å². The van der Waals surface area contributed by atoms with Gasteiger partial charge in [0.15, 0.2) is 0 Å². The normalized spacial score (nSPS) is 15.7. The van der Waals surface area contributed by atoms with Crippen LogP contribution >= 0.6 is 0 Å². The molecule has 1 aliphatic rings. The maximum Gasteiger partial charge on any atom is 0.227 e. The molecule has 1 aromatic carbocycles. The second-order valence-electron chi connectivity index (χ2n) is 6.87. The Morgan fingerprint density at radius 3 is 2.26 bits per heavy atom. The van der Waals surface area contributed by atoms with Gasteiger partial charge < -0.3 is 10.2 Å². The minimum atomic E-state index is 0.809. The Morgan fingerprint density at radius 2 is 1.61 bits per heavy atom. The lowest BCUT2D eigenvalue weighted by molar-refractivity contribution is 0.434. The van der Waals surface area contributed by atoms with Crippen molar-refractivity contribution in [1.29, 1.82) is 0 Å². The Kier molecular flexibility index (Phi) is 4.51. The van der Waals surface area contributed by atoms with Gasteiger partial charge in [0.25, 0.3) is 0 Å². The highest BCUT2D eigenvalue weighted by molar-refractivity contribution is 5.59. The van der Waals surface area contributed by atoms with E-state index >= 15 is 0 Å². The molecule has 4 nitrogen and oxygen atoms in total. The summed E-state index contributed by atoms with van der Waals surface area (Å²) in [7, 11) is 0. The van der Waals surface area contributed by atoms with Gasteiger partial charge in [0, 0.05) is 30.5 Å². The third-order valence-corrected chi connectivity index (χ3v) is 4.40. The minimum absolute atomic E-state index is 0.809. The van der Waals surface area contributed by atoms with Crippen LogP contribution in [0.1, 0.15) is 36.6 Å². The molecule has 2 aromatic rings. The third kappa shape index (κ3) is 4.01. The molecule has 23 heavy (non-hydrogen) atoms. The Balaban J connectivity index is 1.82. The highest BCUT2D eigenvalue weighted by atomic mass is 15.3. The Morgan fingerprint density at radius 1 is 0.957 bits per heavy atom. The van der Waals surface area contributed by atoms with E-state index in [-0.39, 0.29) is 0 Å². The summed E-state index contributed by atoms with van der Waals surface area (Å²) in [5, 5.41) is 3.44. The summed E-state index contributed by atoms with van der Waals surface area (Å²) in [6.07, 6.45) is 2.44. The van der Waals surface area contributed by atoms with Crippen molar-refractivity contribution in [3.05, 3.63) is 41.1 Å². The molecule has 0 saturated carbocycles. The van der Waals surface area contributed by atoms with E-state index in [4.69, 9.17) is 4.98 Å². The molecule has 0 unspecified atom stereocenters. The van der Waals surface area contributed by atoms with Crippen molar-refractivity contribution >= 4 is 17.5 Å². The number of rotatable bonds is 3. The van der Waals surface area contributed by atoms with Gasteiger partial charge in [0.1, 0.15) is 5.82 Å². The first-order valence-electron chi connectivity index (χ1n) is 8.45. The summed E-state index contributed by atoms with van der Waals surface area (Å²) >= 11 is 0. The third-order valence-electron chi connectivity index (χ3n) is 4.40. The fourth-order valence-electron chi connectivity index (χ4n) is 3.16. The lowest BCUT2D eigenvalue weighted by Crippen LogP contribution is -2.34. The average Bonchev–Trinajstić information content (AvgIpc) is 2.46. The minimum Gasteiger partial charge on any atom is -0.341 e. The van der Waals surface area contributed by atoms with Gasteiger partial charge in [-0.05, 0) is 62.8 Å². The van der Waals surface area contributed by atoms with Crippen molar-refractivity contribution in [2.24, 2.45) is 5.92 Å². The smallest absolute Gasteiger partial charge is 0.227 e. The molecule has 1 saturated heterocycles. The van der Waals surface area contributed by atoms with Crippen molar-refractivity contribution in [3.63, 3.8) is 0 Å². The quantitative estimate of drug-likeness (QED) is 0.913. The SMILES string of the molecule is Cc1cc(C)cc(Nc2cc(C)nc(N3CCC(C)CC3)n2)c1. The Labute approximate surface area is 139 Å². The second-order valence-corrected chi connectivity index (χ2v) is 6.87. The van der Waals surface area contributed by atoms with Crippen LogP contribution in [0.2, 0.25) is 0 Å². The zero-order valence-corrected chi connectivity index (χ0v) is 14.6. The average molecular weight is 310 g/mol. The first-order valence-corrected chi connectivity index (χ1v) is 8.45. The summed E-state index contributed by atoms with van der Waals surface area (Å²) in [5.74, 6) is 2.53. The maximum atomic E-state index is 4.74. The number of hydrogen-bond acceptors (Lipinski definition) is 4. The Hall–Kier alpha value is -2.10. The molecule has 122 valence electrons. The zero-order chi connectivity index (χ0) is 16.4. The van der Waals surface area contributed by atoms with E-state index < -0.39 is 0 Å². The maximum absolute atomic E-state index is 4.74. The molecule has 0 radical (unpaired) electrons. The van der Waals surface area contributed by atoms with Gasteiger partial charge in [-0.3, -0.25) is 0 Å². The van der Waals surface area contributed by atoms with Crippen LogP contribution in [-0.4, -0.2) is 23.1 Å². The lowest BCUT2D eigenvalue weighted by atomic mass is 10.00. The monoisotopic (exact) mass is 310 g/mol. The lowest BCUT2D eigenvalue weighted by Gasteiger charge is -2.30. The molecular weight excluding hydrogens is 284 g/mol. The standard InChI is InChI=1S/C19H26N4/c1-13-5-7-23(8-6-13)19-20-16(4)12-18(22-19)21-17-10-14(2)9-15(3)11-17/h9-13H,5-8H2,1-4H3,(H,20,21,22). The number of aryl methyl sites for hydroxylation is 3. The molecule has 0 bridgehead atoms. The van der Waals surface area contributed by atoms with Crippen molar-refractivity contribution in [2.45, 2.75) is 40.5 Å². The highest BCUT2D eigenvalue weighted by Gasteiger charge is 2.18. The van der Waals surface area contributed by atoms with Gasteiger partial charge >= 0.3 is 0 Å². The Bertz CT molecular complexity index is 668. The van der Waals surface area contributed by atoms with Crippen LogP contribution in [0.5, 0.6) is 0 Å². The van der Waals surface area contributed by atoms with Crippen molar-refractivity contribution < 1.29 is 0 Å². The topological polar surface area (TPSA) is 41.1 Å². The summed E-state index contributed by atoms with van der Waals surface area (Å²) in [6, 6.07) is 8.48. The molecule has 0 atom stereocenters. The van der Waals surface area contributed by atoms with E-state index in [1.165, 1.54) is 24.0 Å². The molecule has 1 aromatic heterocycles. The summed E-state index contributed by atoms with van der Waals surface area (Å²) < 4.78 is 0. The highest BCUT2D eigenvalue weighted by Crippen LogP contribution is 2.24. The van der Waals surface area contributed by atoms with Crippen LogP contribution < -0.4 is 10.2 Å². The predicted octanol–water partition coefficient (Wildman–Crippen LogP) is 4.38. The van der Waals surface area contributed by atoms with Gasteiger partial charge in [-0.2, -0.15) is 4.98 Å². The van der Waals surface area contributed by atoms with Crippen molar-refractivity contribution in [2.75, 3.05) is 23.3 Å². The number of anilines is 3. The van der Waals surface area contributed by atoms with E-state index in [1.807, 2.05) is 13.0 Å². The van der Waals surface area contributed by atoms with Gasteiger partial charge in [0.2, 0.25) is 5.95 Å². The molecule has 1 aliphatic heterocycles. The molecule has 1 N–H and O–H groups in total. The molecule has 1 fully saturated rings. The van der Waals surface area contributed by atoms with Gasteiger partial charge in [-0.15, -0.1) is 0 Å². The number of piperidine rings is 1. The molecule has 0 spiro atoms. The summed E-state index contributed by atoms with van der Waals surface area (Å²) in [5.41, 5.74) is 4.59. The number of aromatic nitrogens is 2. The van der Waals surface area contributed by atoms with Gasteiger partial charge in [0.05, 0.1) is 0 Å². The van der Waals surface area contributed by atoms with Crippen LogP contribution in [0.25, 0.3) is 0 Å². The fourth-order valence-corrected chi connectivity index (χ4v) is 3.16. The van der Waals surface area contributed by atoms with Crippen LogP contribution in [0.3, 0.4) is 0 Å². The molecular formula is C19H26N4. The van der Waals surface area contributed by atoms with E-state index in [0.29, 0.717) is 0 Å². The number of nitrogens with one attached hydrogen (secondary N) is 1. The molecule has 3 rings (SSSR count). The van der Waals surface area contributed by atoms with E-state index in [0.717, 1.165) is 42.2 Å². The number of nitrogens with zero attached hydrogens (tertiary/aromatic N) is 3. The first kappa shape index (κ1) is 15.8. The van der Waals surface area contributed by atoms with Gasteiger partial charge in [-0.1, -0.05) is 13.0 Å².